The minimum Gasteiger partial charge on any atom is -0.462 e. The van der Waals surface area contributed by atoms with Gasteiger partial charge in [0.15, 0.2) is 0 Å². The summed E-state index contributed by atoms with van der Waals surface area (Å²) in [5.74, 6) is -1.74. The predicted octanol–water partition coefficient (Wildman–Crippen LogP) is 4.26. The monoisotopic (exact) mass is 413 g/mol. The standard InChI is InChI=1S/C26H23NO4/c1-3-31-26(30)17-10-7-11-18(14-17)27-24(28)22-19-12-13-20(23(22)25(27)29)21(19)15(2)16-8-5-4-6-9-16/h4-14,19-20,22-23H,3H2,1-2H3/t19-,20-,22-,23-/m0/s1. The number of nitrogens with zero attached hydrogens (tertiary/aromatic N) is 1. The minimum atomic E-state index is -0.464. The maximum atomic E-state index is 13.4. The lowest BCUT2D eigenvalue weighted by atomic mass is 9.85. The number of amides is 2. The number of esters is 1. The molecule has 2 bridgehead atoms. The Bertz CT molecular complexity index is 1110. The maximum absolute atomic E-state index is 13.4. The van der Waals surface area contributed by atoms with Crippen LogP contribution in [0.25, 0.3) is 5.57 Å². The fourth-order valence-electron chi connectivity index (χ4n) is 5.36. The van der Waals surface area contributed by atoms with Crippen molar-refractivity contribution >= 4 is 29.0 Å². The Kier molecular flexibility index (Phi) is 4.62. The van der Waals surface area contributed by atoms with Crippen molar-refractivity contribution in [2.45, 2.75) is 13.8 Å². The first-order valence-electron chi connectivity index (χ1n) is 10.6. The van der Waals surface area contributed by atoms with Crippen LogP contribution in [0.3, 0.4) is 0 Å². The van der Waals surface area contributed by atoms with Crippen molar-refractivity contribution in [2.24, 2.45) is 23.7 Å². The Morgan fingerprint density at radius 2 is 1.52 bits per heavy atom. The van der Waals surface area contributed by atoms with E-state index in [0.717, 1.165) is 11.1 Å². The number of carbonyl (C=O) groups is 3. The Balaban J connectivity index is 1.50. The molecule has 3 aliphatic rings. The molecule has 2 aromatic carbocycles. The Labute approximate surface area is 181 Å². The van der Waals surface area contributed by atoms with Gasteiger partial charge in [0.2, 0.25) is 11.8 Å². The molecular formula is C26H23NO4. The van der Waals surface area contributed by atoms with Gasteiger partial charge in [-0.15, -0.1) is 0 Å². The summed E-state index contributed by atoms with van der Waals surface area (Å²) >= 11 is 0. The largest absolute Gasteiger partial charge is 0.462 e. The van der Waals surface area contributed by atoms with E-state index >= 15 is 0 Å². The highest BCUT2D eigenvalue weighted by Gasteiger charge is 2.62. The number of benzene rings is 2. The lowest BCUT2D eigenvalue weighted by Gasteiger charge is -2.20. The van der Waals surface area contributed by atoms with Crippen LogP contribution in [0.1, 0.15) is 29.8 Å². The molecule has 0 unspecified atom stereocenters. The van der Waals surface area contributed by atoms with Crippen molar-refractivity contribution in [1.82, 2.24) is 0 Å². The van der Waals surface area contributed by atoms with E-state index in [4.69, 9.17) is 4.74 Å². The zero-order valence-corrected chi connectivity index (χ0v) is 17.4. The molecule has 1 heterocycles. The number of fused-ring (bicyclic) bond motifs is 5. The van der Waals surface area contributed by atoms with E-state index in [0.29, 0.717) is 11.3 Å². The lowest BCUT2D eigenvalue weighted by Crippen LogP contribution is -2.33. The maximum Gasteiger partial charge on any atom is 0.338 e. The molecule has 2 amide bonds. The van der Waals surface area contributed by atoms with Gasteiger partial charge in [0, 0.05) is 11.8 Å². The fraction of sp³-hybridized carbons (Fsp3) is 0.269. The topological polar surface area (TPSA) is 63.7 Å². The van der Waals surface area contributed by atoms with Crippen LogP contribution in [-0.4, -0.2) is 24.4 Å². The molecule has 5 nitrogen and oxygen atoms in total. The highest BCUT2D eigenvalue weighted by Crippen LogP contribution is 2.58. The lowest BCUT2D eigenvalue weighted by molar-refractivity contribution is -0.122. The van der Waals surface area contributed by atoms with Gasteiger partial charge in [0.1, 0.15) is 0 Å². The van der Waals surface area contributed by atoms with E-state index in [1.807, 2.05) is 18.2 Å². The molecule has 31 heavy (non-hydrogen) atoms. The third-order valence-electron chi connectivity index (χ3n) is 6.67. The fourth-order valence-corrected chi connectivity index (χ4v) is 5.36. The first kappa shape index (κ1) is 19.5. The highest BCUT2D eigenvalue weighted by molar-refractivity contribution is 6.23. The Morgan fingerprint density at radius 3 is 2.13 bits per heavy atom. The summed E-state index contributed by atoms with van der Waals surface area (Å²) in [5, 5.41) is 0. The number of anilines is 1. The first-order chi connectivity index (χ1) is 15.0. The number of hydrogen-bond donors (Lipinski definition) is 0. The molecule has 0 radical (unpaired) electrons. The molecule has 4 atom stereocenters. The van der Waals surface area contributed by atoms with Gasteiger partial charge in [-0.25, -0.2) is 9.69 Å². The van der Waals surface area contributed by atoms with Gasteiger partial charge in [-0.2, -0.15) is 0 Å². The summed E-state index contributed by atoms with van der Waals surface area (Å²) < 4.78 is 5.06. The average molecular weight is 413 g/mol. The molecule has 1 aliphatic heterocycles. The van der Waals surface area contributed by atoms with Gasteiger partial charge in [-0.1, -0.05) is 54.1 Å². The second-order valence-electron chi connectivity index (χ2n) is 8.22. The van der Waals surface area contributed by atoms with E-state index in [1.54, 1.807) is 31.2 Å². The number of ether oxygens (including phenoxy) is 1. The number of allylic oxidation sites excluding steroid dienone is 4. The van der Waals surface area contributed by atoms with Crippen LogP contribution in [0.2, 0.25) is 0 Å². The third kappa shape index (κ3) is 2.87. The number of carbonyl (C=O) groups excluding carboxylic acids is 3. The van der Waals surface area contributed by atoms with Crippen molar-refractivity contribution in [1.29, 1.82) is 0 Å². The van der Waals surface area contributed by atoms with E-state index in [-0.39, 0.29) is 42.1 Å². The molecule has 156 valence electrons. The summed E-state index contributed by atoms with van der Waals surface area (Å²) in [7, 11) is 0. The molecule has 0 aromatic heterocycles. The summed E-state index contributed by atoms with van der Waals surface area (Å²) in [4.78, 5) is 40.2. The second-order valence-corrected chi connectivity index (χ2v) is 8.22. The minimum absolute atomic E-state index is 0.0649. The van der Waals surface area contributed by atoms with E-state index in [2.05, 4.69) is 31.2 Å². The smallest absolute Gasteiger partial charge is 0.338 e. The second kappa shape index (κ2) is 7.34. The van der Waals surface area contributed by atoms with Gasteiger partial charge in [-0.3, -0.25) is 9.59 Å². The van der Waals surface area contributed by atoms with Crippen LogP contribution in [0.15, 0.2) is 72.3 Å². The van der Waals surface area contributed by atoms with Crippen LogP contribution < -0.4 is 4.90 Å². The highest BCUT2D eigenvalue weighted by atomic mass is 16.5. The molecule has 2 fully saturated rings. The summed E-state index contributed by atoms with van der Waals surface area (Å²) in [6, 6.07) is 16.7. The average Bonchev–Trinajstić information content (AvgIpc) is 3.43. The van der Waals surface area contributed by atoms with Crippen LogP contribution in [0.4, 0.5) is 5.69 Å². The van der Waals surface area contributed by atoms with Gasteiger partial charge < -0.3 is 4.74 Å². The summed E-state index contributed by atoms with van der Waals surface area (Å²) in [5.41, 5.74) is 4.21. The van der Waals surface area contributed by atoms with Gasteiger partial charge in [-0.05, 0) is 43.2 Å². The summed E-state index contributed by atoms with van der Waals surface area (Å²) in [6.45, 7) is 4.08. The van der Waals surface area contributed by atoms with Crippen LogP contribution in [0, 0.1) is 23.7 Å². The number of rotatable bonds is 4. The molecule has 2 aromatic rings. The molecule has 2 aliphatic carbocycles. The van der Waals surface area contributed by atoms with Crippen molar-refractivity contribution in [3.8, 4) is 0 Å². The zero-order chi connectivity index (χ0) is 21.7. The Morgan fingerprint density at radius 1 is 0.903 bits per heavy atom. The molecule has 5 heteroatoms. The van der Waals surface area contributed by atoms with Crippen LogP contribution in [0.5, 0.6) is 0 Å². The molecule has 0 N–H and O–H groups in total. The molecule has 1 saturated carbocycles. The third-order valence-corrected chi connectivity index (χ3v) is 6.67. The van der Waals surface area contributed by atoms with Gasteiger partial charge in [0.25, 0.3) is 0 Å². The predicted molar refractivity (Wildman–Crippen MR) is 117 cm³/mol. The van der Waals surface area contributed by atoms with Gasteiger partial charge in [0.05, 0.1) is 29.7 Å². The van der Waals surface area contributed by atoms with Crippen LogP contribution in [-0.2, 0) is 14.3 Å². The van der Waals surface area contributed by atoms with E-state index in [9.17, 15) is 14.4 Å². The van der Waals surface area contributed by atoms with E-state index in [1.165, 1.54) is 10.5 Å². The van der Waals surface area contributed by atoms with Crippen LogP contribution >= 0.6 is 0 Å². The molecular weight excluding hydrogens is 390 g/mol. The summed E-state index contributed by atoms with van der Waals surface area (Å²) in [6.07, 6.45) is 4.16. The number of hydrogen-bond acceptors (Lipinski definition) is 4. The SMILES string of the molecule is CCOC(=O)c1cccc(N2C(=O)[C@@H]3[C@@H](C2=O)[C@H]2C=C[C@H]3C2=C(C)c2ccccc2)c1. The molecule has 0 spiro atoms. The first-order valence-corrected chi connectivity index (χ1v) is 10.6. The quantitative estimate of drug-likeness (QED) is 0.427. The number of imide groups is 1. The van der Waals surface area contributed by atoms with Crippen molar-refractivity contribution in [3.63, 3.8) is 0 Å². The zero-order valence-electron chi connectivity index (χ0n) is 17.4. The van der Waals surface area contributed by atoms with Crippen molar-refractivity contribution in [3.05, 3.63) is 83.4 Å². The molecule has 5 rings (SSSR count). The van der Waals surface area contributed by atoms with E-state index < -0.39 is 5.97 Å². The normalized spacial score (nSPS) is 25.9. The van der Waals surface area contributed by atoms with Gasteiger partial charge >= 0.3 is 5.97 Å². The van der Waals surface area contributed by atoms with Crippen molar-refractivity contribution in [2.75, 3.05) is 11.5 Å². The molecule has 1 saturated heterocycles. The van der Waals surface area contributed by atoms with Crippen molar-refractivity contribution < 1.29 is 19.1 Å². The Hall–Kier alpha value is -3.47.